The van der Waals surface area contributed by atoms with Crippen LogP contribution >= 0.6 is 12.4 Å². The molecule has 1 aromatic carbocycles. The van der Waals surface area contributed by atoms with E-state index in [-0.39, 0.29) is 12.4 Å². The molecule has 1 aliphatic heterocycles. The van der Waals surface area contributed by atoms with Crippen LogP contribution in [-0.4, -0.2) is 28.1 Å². The van der Waals surface area contributed by atoms with Gasteiger partial charge in [-0.25, -0.2) is 13.1 Å². The zero-order chi connectivity index (χ0) is 16.0. The van der Waals surface area contributed by atoms with E-state index in [9.17, 15) is 8.42 Å². The Bertz CT molecular complexity index is 610. The van der Waals surface area contributed by atoms with Gasteiger partial charge >= 0.3 is 0 Å². The Morgan fingerprint density at radius 1 is 1.22 bits per heavy atom. The van der Waals surface area contributed by atoms with Crippen LogP contribution in [0.15, 0.2) is 40.8 Å². The van der Waals surface area contributed by atoms with Gasteiger partial charge in [-0.1, -0.05) is 37.6 Å². The van der Waals surface area contributed by atoms with Crippen LogP contribution in [0, 0.1) is 5.92 Å². The fourth-order valence-electron chi connectivity index (χ4n) is 2.39. The van der Waals surface area contributed by atoms with E-state index in [4.69, 9.17) is 0 Å². The van der Waals surface area contributed by atoms with Crippen molar-refractivity contribution < 1.29 is 8.42 Å². The molecule has 0 radical (unpaired) electrons. The Balaban J connectivity index is 0.00000264. The first kappa shape index (κ1) is 20.2. The first-order chi connectivity index (χ1) is 10.5. The van der Waals surface area contributed by atoms with Crippen molar-refractivity contribution in [1.82, 2.24) is 10.0 Å². The van der Waals surface area contributed by atoms with E-state index in [1.165, 1.54) is 5.56 Å². The Hall–Kier alpha value is -0.880. The fourth-order valence-corrected chi connectivity index (χ4v) is 3.43. The van der Waals surface area contributed by atoms with Crippen molar-refractivity contribution in [3.8, 4) is 0 Å². The maximum atomic E-state index is 12.3. The lowest BCUT2D eigenvalue weighted by molar-refractivity contribution is 0.581. The van der Waals surface area contributed by atoms with E-state index in [1.807, 2.05) is 12.1 Å². The minimum Gasteiger partial charge on any atom is -0.313 e. The summed E-state index contributed by atoms with van der Waals surface area (Å²) in [5.74, 6) is 0.656. The molecule has 0 aromatic heterocycles. The van der Waals surface area contributed by atoms with Crippen LogP contribution in [0.4, 0.5) is 0 Å². The van der Waals surface area contributed by atoms with Crippen molar-refractivity contribution in [1.29, 1.82) is 0 Å². The van der Waals surface area contributed by atoms with Crippen molar-refractivity contribution >= 4 is 22.4 Å². The summed E-state index contributed by atoms with van der Waals surface area (Å²) in [5, 5.41) is 3.22. The van der Waals surface area contributed by atoms with Crippen LogP contribution in [0.25, 0.3) is 0 Å². The standard InChI is InChI=1S/C17H26N2O2S.ClH/c1-14(2)3-4-15-5-7-17(8-6-15)22(20,21)19-13-16-9-11-18-12-10-16;/h5-9,14,18-19H,3-4,10-13H2,1-2H3;1H. The molecule has 130 valence electrons. The monoisotopic (exact) mass is 358 g/mol. The van der Waals surface area contributed by atoms with Gasteiger partial charge < -0.3 is 5.32 Å². The molecule has 0 atom stereocenters. The average molecular weight is 359 g/mol. The van der Waals surface area contributed by atoms with Gasteiger partial charge in [0.1, 0.15) is 0 Å². The molecule has 2 N–H and O–H groups in total. The van der Waals surface area contributed by atoms with Crippen LogP contribution < -0.4 is 10.0 Å². The highest BCUT2D eigenvalue weighted by Crippen LogP contribution is 2.14. The van der Waals surface area contributed by atoms with Crippen LogP contribution in [0.2, 0.25) is 0 Å². The average Bonchev–Trinajstić information content (AvgIpc) is 2.52. The largest absolute Gasteiger partial charge is 0.313 e. The van der Waals surface area contributed by atoms with E-state index in [0.29, 0.717) is 17.4 Å². The van der Waals surface area contributed by atoms with Crippen LogP contribution in [0.1, 0.15) is 32.3 Å². The minimum atomic E-state index is -3.42. The molecule has 4 nitrogen and oxygen atoms in total. The zero-order valence-electron chi connectivity index (χ0n) is 13.8. The lowest BCUT2D eigenvalue weighted by atomic mass is 10.0. The molecule has 0 unspecified atom stereocenters. The Kier molecular flexibility index (Phi) is 8.26. The molecule has 0 saturated heterocycles. The van der Waals surface area contributed by atoms with Gasteiger partial charge in [-0.2, -0.15) is 0 Å². The second-order valence-corrected chi connectivity index (χ2v) is 7.98. The van der Waals surface area contributed by atoms with Crippen molar-refractivity contribution in [2.24, 2.45) is 5.92 Å². The van der Waals surface area contributed by atoms with Crippen LogP contribution in [0.5, 0.6) is 0 Å². The molecule has 1 aliphatic rings. The molecule has 0 bridgehead atoms. The van der Waals surface area contributed by atoms with E-state index in [2.05, 4.69) is 30.0 Å². The van der Waals surface area contributed by atoms with Gasteiger partial charge in [-0.15, -0.1) is 12.4 Å². The molecule has 0 fully saturated rings. The van der Waals surface area contributed by atoms with Crippen LogP contribution in [-0.2, 0) is 16.4 Å². The molecule has 0 aliphatic carbocycles. The molecule has 23 heavy (non-hydrogen) atoms. The third-order valence-electron chi connectivity index (χ3n) is 3.89. The number of rotatable bonds is 7. The number of nitrogens with one attached hydrogen (secondary N) is 2. The van der Waals surface area contributed by atoms with Gasteiger partial charge in [0.2, 0.25) is 10.0 Å². The summed E-state index contributed by atoms with van der Waals surface area (Å²) >= 11 is 0. The predicted molar refractivity (Wildman–Crippen MR) is 97.6 cm³/mol. The predicted octanol–water partition coefficient (Wildman–Crippen LogP) is 2.90. The molecule has 0 saturated carbocycles. The summed E-state index contributed by atoms with van der Waals surface area (Å²) in [6.07, 6.45) is 5.07. The summed E-state index contributed by atoms with van der Waals surface area (Å²) in [4.78, 5) is 0.343. The molecule has 6 heteroatoms. The Labute approximate surface area is 146 Å². The van der Waals surface area contributed by atoms with Crippen molar-refractivity contribution in [3.05, 3.63) is 41.5 Å². The normalized spacial score (nSPS) is 15.2. The number of sulfonamides is 1. The van der Waals surface area contributed by atoms with Crippen molar-refractivity contribution in [2.45, 2.75) is 38.0 Å². The number of halogens is 1. The second-order valence-electron chi connectivity index (χ2n) is 6.22. The Morgan fingerprint density at radius 3 is 2.48 bits per heavy atom. The lowest BCUT2D eigenvalue weighted by Gasteiger charge is -2.15. The van der Waals surface area contributed by atoms with Gasteiger partial charge in [0, 0.05) is 13.1 Å². The lowest BCUT2D eigenvalue weighted by Crippen LogP contribution is -2.29. The maximum absolute atomic E-state index is 12.3. The molecular formula is C17H27ClN2O2S. The SMILES string of the molecule is CC(C)CCc1ccc(S(=O)(=O)NCC2=CCNCC2)cc1.Cl. The highest BCUT2D eigenvalue weighted by atomic mass is 35.5. The fraction of sp³-hybridized carbons (Fsp3) is 0.529. The summed E-state index contributed by atoms with van der Waals surface area (Å²) < 4.78 is 27.3. The summed E-state index contributed by atoms with van der Waals surface area (Å²) in [5.41, 5.74) is 2.34. The molecule has 0 spiro atoms. The highest BCUT2D eigenvalue weighted by Gasteiger charge is 2.14. The summed E-state index contributed by atoms with van der Waals surface area (Å²) in [6, 6.07) is 7.24. The number of hydrogen-bond acceptors (Lipinski definition) is 3. The third kappa shape index (κ3) is 6.63. The first-order valence-corrected chi connectivity index (χ1v) is 9.43. The van der Waals surface area contributed by atoms with Gasteiger partial charge in [-0.3, -0.25) is 0 Å². The Morgan fingerprint density at radius 2 is 1.91 bits per heavy atom. The maximum Gasteiger partial charge on any atom is 0.240 e. The van der Waals surface area contributed by atoms with Gasteiger partial charge in [0.15, 0.2) is 0 Å². The van der Waals surface area contributed by atoms with E-state index in [0.717, 1.165) is 37.9 Å². The van der Waals surface area contributed by atoms with Crippen LogP contribution in [0.3, 0.4) is 0 Å². The molecule has 1 aromatic rings. The molecular weight excluding hydrogens is 332 g/mol. The van der Waals surface area contributed by atoms with E-state index in [1.54, 1.807) is 12.1 Å². The minimum absolute atomic E-state index is 0. The highest BCUT2D eigenvalue weighted by molar-refractivity contribution is 7.89. The summed E-state index contributed by atoms with van der Waals surface area (Å²) in [7, 11) is -3.42. The third-order valence-corrected chi connectivity index (χ3v) is 5.31. The second kappa shape index (κ2) is 9.42. The zero-order valence-corrected chi connectivity index (χ0v) is 15.5. The number of aryl methyl sites for hydroxylation is 1. The number of benzene rings is 1. The first-order valence-electron chi connectivity index (χ1n) is 7.94. The summed E-state index contributed by atoms with van der Waals surface area (Å²) in [6.45, 7) is 6.52. The number of hydrogen-bond donors (Lipinski definition) is 2. The topological polar surface area (TPSA) is 58.2 Å². The van der Waals surface area contributed by atoms with Gasteiger partial charge in [-0.05, 0) is 49.4 Å². The van der Waals surface area contributed by atoms with Gasteiger partial charge in [0.25, 0.3) is 0 Å². The van der Waals surface area contributed by atoms with Gasteiger partial charge in [0.05, 0.1) is 4.90 Å². The molecule has 1 heterocycles. The van der Waals surface area contributed by atoms with Crippen molar-refractivity contribution in [3.63, 3.8) is 0 Å². The smallest absolute Gasteiger partial charge is 0.240 e. The quantitative estimate of drug-likeness (QED) is 0.737. The van der Waals surface area contributed by atoms with Crippen molar-refractivity contribution in [2.75, 3.05) is 19.6 Å². The van der Waals surface area contributed by atoms with E-state index < -0.39 is 10.0 Å². The van der Waals surface area contributed by atoms with E-state index >= 15 is 0 Å². The molecule has 2 rings (SSSR count). The molecule has 0 amide bonds.